The van der Waals surface area contributed by atoms with Crippen molar-refractivity contribution in [3.8, 4) is 17.2 Å². The van der Waals surface area contributed by atoms with Gasteiger partial charge in [-0.2, -0.15) is 0 Å². The van der Waals surface area contributed by atoms with E-state index in [0.717, 1.165) is 0 Å². The molecule has 0 aliphatic carbocycles. The zero-order chi connectivity index (χ0) is 18.0. The summed E-state index contributed by atoms with van der Waals surface area (Å²) >= 11 is 0. The lowest BCUT2D eigenvalue weighted by atomic mass is 9.97. The minimum absolute atomic E-state index is 0.0561. The molecule has 0 bridgehead atoms. The molecule has 130 valence electrons. The van der Waals surface area contributed by atoms with Gasteiger partial charge < -0.3 is 18.9 Å². The molecule has 3 rings (SSSR count). The van der Waals surface area contributed by atoms with Crippen LogP contribution in [0.3, 0.4) is 0 Å². The zero-order valence-corrected chi connectivity index (χ0v) is 14.2. The Kier molecular flexibility index (Phi) is 4.61. The minimum atomic E-state index is -0.642. The van der Waals surface area contributed by atoms with E-state index >= 15 is 0 Å². The first kappa shape index (κ1) is 16.8. The zero-order valence-electron chi connectivity index (χ0n) is 14.2. The van der Waals surface area contributed by atoms with Crippen molar-refractivity contribution in [1.82, 2.24) is 0 Å². The summed E-state index contributed by atoms with van der Waals surface area (Å²) < 4.78 is 21.0. The normalized spacial score (nSPS) is 15.3. The van der Waals surface area contributed by atoms with Crippen LogP contribution in [0, 0.1) is 0 Å². The third-order valence-corrected chi connectivity index (χ3v) is 4.16. The van der Waals surface area contributed by atoms with E-state index in [1.165, 1.54) is 14.2 Å². The Morgan fingerprint density at radius 2 is 1.72 bits per heavy atom. The lowest BCUT2D eigenvalue weighted by molar-refractivity contribution is 0.0365. The topological polar surface area (TPSA) is 71.1 Å². The molecule has 0 aromatic heterocycles. The van der Waals surface area contributed by atoms with Crippen LogP contribution < -0.4 is 14.2 Å². The second kappa shape index (κ2) is 6.84. The van der Waals surface area contributed by atoms with Gasteiger partial charge >= 0.3 is 5.97 Å². The van der Waals surface area contributed by atoms with Crippen LogP contribution in [-0.4, -0.2) is 33.1 Å². The second-order valence-corrected chi connectivity index (χ2v) is 5.52. The largest absolute Gasteiger partial charge is 0.497 e. The van der Waals surface area contributed by atoms with Gasteiger partial charge in [0.2, 0.25) is 0 Å². The Labute approximate surface area is 145 Å². The molecule has 25 heavy (non-hydrogen) atoms. The number of Topliss-reactive ketones (excluding diaryl/α,β-unsaturated/α-hetero) is 1. The molecule has 0 amide bonds. The molecule has 0 radical (unpaired) electrons. The Morgan fingerprint density at radius 1 is 1.00 bits per heavy atom. The van der Waals surface area contributed by atoms with Crippen LogP contribution in [0.2, 0.25) is 0 Å². The summed E-state index contributed by atoms with van der Waals surface area (Å²) in [5.41, 5.74) is 1.48. The number of hydrogen-bond donors (Lipinski definition) is 0. The smallest absolute Gasteiger partial charge is 0.343 e. The molecule has 1 aliphatic heterocycles. The summed E-state index contributed by atoms with van der Waals surface area (Å²) in [6.07, 6.45) is -0.586. The third-order valence-electron chi connectivity index (χ3n) is 4.16. The summed E-state index contributed by atoms with van der Waals surface area (Å²) in [7, 11) is 4.52. The van der Waals surface area contributed by atoms with Gasteiger partial charge in [-0.25, -0.2) is 4.79 Å². The van der Waals surface area contributed by atoms with Crippen molar-refractivity contribution in [3.05, 3.63) is 53.1 Å². The molecule has 0 N–H and O–H groups in total. The average Bonchev–Trinajstić information content (AvgIpc) is 2.96. The van der Waals surface area contributed by atoms with E-state index < -0.39 is 12.1 Å². The average molecular weight is 342 g/mol. The molecule has 0 saturated carbocycles. The number of fused-ring (bicyclic) bond motifs is 1. The van der Waals surface area contributed by atoms with Gasteiger partial charge in [-0.05, 0) is 30.3 Å². The first-order valence-electron chi connectivity index (χ1n) is 7.72. The molecule has 0 spiro atoms. The second-order valence-electron chi connectivity index (χ2n) is 5.52. The van der Waals surface area contributed by atoms with Gasteiger partial charge in [0.25, 0.3) is 0 Å². The fraction of sp³-hybridized carbons (Fsp3) is 0.263. The monoisotopic (exact) mass is 342 g/mol. The lowest BCUT2D eigenvalue weighted by Crippen LogP contribution is -2.07. The van der Waals surface area contributed by atoms with Crippen LogP contribution in [0.1, 0.15) is 38.8 Å². The Bertz CT molecular complexity index is 809. The first-order chi connectivity index (χ1) is 12.1. The fourth-order valence-corrected chi connectivity index (χ4v) is 2.89. The quantitative estimate of drug-likeness (QED) is 0.593. The molecular formula is C19H18O6. The molecular weight excluding hydrogens is 324 g/mol. The Morgan fingerprint density at radius 3 is 2.32 bits per heavy atom. The molecule has 6 nitrogen and oxygen atoms in total. The van der Waals surface area contributed by atoms with Crippen LogP contribution in [0.5, 0.6) is 17.2 Å². The van der Waals surface area contributed by atoms with Gasteiger partial charge in [0.05, 0.1) is 27.8 Å². The van der Waals surface area contributed by atoms with Gasteiger partial charge in [-0.3, -0.25) is 4.79 Å². The third kappa shape index (κ3) is 3.03. The van der Waals surface area contributed by atoms with Crippen LogP contribution in [0.15, 0.2) is 36.4 Å². The summed E-state index contributed by atoms with van der Waals surface area (Å²) in [5, 5.41) is 0. The van der Waals surface area contributed by atoms with E-state index in [1.807, 2.05) is 0 Å². The number of ketones is 1. The van der Waals surface area contributed by atoms with Gasteiger partial charge in [-0.15, -0.1) is 0 Å². The van der Waals surface area contributed by atoms with Crippen LogP contribution in [-0.2, 0) is 4.74 Å². The van der Waals surface area contributed by atoms with E-state index in [4.69, 9.17) is 18.9 Å². The standard InChI is InChI=1S/C19H18O6/c1-22-12-6-4-11(5-7-12)14(20)10-16-13-8-9-15(23-2)18(24-3)17(13)19(21)25-16/h4-9,16H,10H2,1-3H3/t16-/m0/s1. The molecule has 1 atom stereocenters. The van der Waals surface area contributed by atoms with Gasteiger partial charge in [-0.1, -0.05) is 6.07 Å². The Hall–Kier alpha value is -3.02. The highest BCUT2D eigenvalue weighted by molar-refractivity contribution is 6.00. The highest BCUT2D eigenvalue weighted by atomic mass is 16.6. The van der Waals surface area contributed by atoms with Crippen molar-refractivity contribution in [2.75, 3.05) is 21.3 Å². The minimum Gasteiger partial charge on any atom is -0.497 e. The van der Waals surface area contributed by atoms with Crippen LogP contribution in [0.25, 0.3) is 0 Å². The molecule has 0 fully saturated rings. The lowest BCUT2D eigenvalue weighted by Gasteiger charge is -2.12. The van der Waals surface area contributed by atoms with Crippen molar-refractivity contribution >= 4 is 11.8 Å². The predicted octanol–water partition coefficient (Wildman–Crippen LogP) is 3.20. The van der Waals surface area contributed by atoms with Crippen molar-refractivity contribution in [2.24, 2.45) is 0 Å². The molecule has 0 saturated heterocycles. The maximum Gasteiger partial charge on any atom is 0.343 e. The SMILES string of the molecule is COc1ccc(C(=O)C[C@@H]2OC(=O)c3c2ccc(OC)c3OC)cc1. The number of cyclic esters (lactones) is 1. The van der Waals surface area contributed by atoms with E-state index in [0.29, 0.717) is 33.9 Å². The van der Waals surface area contributed by atoms with E-state index in [1.54, 1.807) is 43.5 Å². The van der Waals surface area contributed by atoms with E-state index in [9.17, 15) is 9.59 Å². The molecule has 6 heteroatoms. The van der Waals surface area contributed by atoms with Crippen LogP contribution in [0.4, 0.5) is 0 Å². The van der Waals surface area contributed by atoms with E-state index in [2.05, 4.69) is 0 Å². The highest BCUT2D eigenvalue weighted by Gasteiger charge is 2.36. The van der Waals surface area contributed by atoms with Crippen molar-refractivity contribution < 1.29 is 28.5 Å². The molecule has 2 aromatic carbocycles. The molecule has 2 aromatic rings. The summed E-state index contributed by atoms with van der Waals surface area (Å²) in [6.45, 7) is 0. The number of hydrogen-bond acceptors (Lipinski definition) is 6. The number of methoxy groups -OCH3 is 3. The first-order valence-corrected chi connectivity index (χ1v) is 7.72. The van der Waals surface area contributed by atoms with Gasteiger partial charge in [0.1, 0.15) is 17.4 Å². The molecule has 1 aliphatic rings. The maximum atomic E-state index is 12.5. The van der Waals surface area contributed by atoms with Gasteiger partial charge in [0.15, 0.2) is 17.3 Å². The van der Waals surface area contributed by atoms with Gasteiger partial charge in [0, 0.05) is 11.1 Å². The Balaban J connectivity index is 1.86. The number of carbonyl (C=O) groups is 2. The maximum absolute atomic E-state index is 12.5. The molecule has 0 unspecified atom stereocenters. The van der Waals surface area contributed by atoms with Crippen LogP contribution >= 0.6 is 0 Å². The number of benzene rings is 2. The predicted molar refractivity (Wildman–Crippen MR) is 89.6 cm³/mol. The summed E-state index contributed by atoms with van der Waals surface area (Å²) in [6, 6.07) is 10.2. The number of ether oxygens (including phenoxy) is 4. The summed E-state index contributed by atoms with van der Waals surface area (Å²) in [4.78, 5) is 24.7. The highest BCUT2D eigenvalue weighted by Crippen LogP contribution is 2.43. The molecule has 1 heterocycles. The fourth-order valence-electron chi connectivity index (χ4n) is 2.89. The van der Waals surface area contributed by atoms with E-state index in [-0.39, 0.29) is 12.2 Å². The van der Waals surface area contributed by atoms with Crippen molar-refractivity contribution in [3.63, 3.8) is 0 Å². The van der Waals surface area contributed by atoms with Crippen molar-refractivity contribution in [2.45, 2.75) is 12.5 Å². The van der Waals surface area contributed by atoms with Crippen molar-refractivity contribution in [1.29, 1.82) is 0 Å². The number of carbonyl (C=O) groups excluding carboxylic acids is 2. The summed E-state index contributed by atoms with van der Waals surface area (Å²) in [5.74, 6) is 0.803. The number of esters is 1. The number of rotatable bonds is 6.